The van der Waals surface area contributed by atoms with Crippen LogP contribution in [-0.2, 0) is 12.8 Å². The molecule has 1 aromatic heterocycles. The maximum Gasteiger partial charge on any atom is 0.203 e. The van der Waals surface area contributed by atoms with Gasteiger partial charge in [0, 0.05) is 38.1 Å². The van der Waals surface area contributed by atoms with E-state index < -0.39 is 0 Å². The van der Waals surface area contributed by atoms with Crippen LogP contribution in [0.25, 0.3) is 5.69 Å². The van der Waals surface area contributed by atoms with E-state index in [0.29, 0.717) is 23.8 Å². The lowest BCUT2D eigenvalue weighted by Crippen LogP contribution is -2.39. The van der Waals surface area contributed by atoms with Gasteiger partial charge in [0.25, 0.3) is 0 Å². The van der Waals surface area contributed by atoms with Crippen LogP contribution in [0.2, 0.25) is 0 Å². The third kappa shape index (κ3) is 7.01. The summed E-state index contributed by atoms with van der Waals surface area (Å²) >= 11 is 0. The average Bonchev–Trinajstić information content (AvgIpc) is 3.38. The van der Waals surface area contributed by atoms with Crippen molar-refractivity contribution in [3.63, 3.8) is 0 Å². The van der Waals surface area contributed by atoms with E-state index in [1.165, 1.54) is 5.56 Å². The Morgan fingerprint density at radius 3 is 2.18 bits per heavy atom. The zero-order valence-electron chi connectivity index (χ0n) is 19.5. The molecule has 0 fully saturated rings. The van der Waals surface area contributed by atoms with Gasteiger partial charge in [-0.3, -0.25) is 4.99 Å². The van der Waals surface area contributed by atoms with E-state index in [1.807, 2.05) is 29.1 Å². The Labute approximate surface area is 212 Å². The van der Waals surface area contributed by atoms with Crippen molar-refractivity contribution in [1.29, 1.82) is 0 Å². The summed E-state index contributed by atoms with van der Waals surface area (Å²) in [5.41, 5.74) is 3.33. The van der Waals surface area contributed by atoms with Gasteiger partial charge in [0.15, 0.2) is 17.5 Å². The molecule has 0 saturated carbocycles. The second-order valence-electron chi connectivity index (χ2n) is 7.04. The van der Waals surface area contributed by atoms with E-state index in [1.54, 1.807) is 34.6 Å². The number of nitrogens with one attached hydrogen (secondary N) is 2. The van der Waals surface area contributed by atoms with Gasteiger partial charge in [-0.25, -0.2) is 4.68 Å². The van der Waals surface area contributed by atoms with Gasteiger partial charge < -0.3 is 24.8 Å². The number of methoxy groups -OCH3 is 3. The molecule has 0 aliphatic carbocycles. The van der Waals surface area contributed by atoms with Gasteiger partial charge in [-0.2, -0.15) is 5.10 Å². The first-order chi connectivity index (χ1) is 15.7. The quantitative estimate of drug-likeness (QED) is 0.223. The molecule has 2 N–H and O–H groups in total. The largest absolute Gasteiger partial charge is 0.493 e. The maximum absolute atomic E-state index is 5.56. The van der Waals surface area contributed by atoms with Crippen molar-refractivity contribution >= 4 is 29.9 Å². The van der Waals surface area contributed by atoms with E-state index in [0.717, 1.165) is 36.6 Å². The van der Waals surface area contributed by atoms with Crippen molar-refractivity contribution in [2.75, 3.05) is 41.5 Å². The van der Waals surface area contributed by atoms with Crippen LogP contribution in [0, 0.1) is 0 Å². The number of hydrogen-bond acceptors (Lipinski definition) is 5. The van der Waals surface area contributed by atoms with Gasteiger partial charge in [0.2, 0.25) is 5.75 Å². The number of benzene rings is 2. The van der Waals surface area contributed by atoms with Gasteiger partial charge in [0.05, 0.1) is 27.0 Å². The second kappa shape index (κ2) is 13.6. The molecule has 0 aliphatic heterocycles. The number of aliphatic imine (C=N–C) groups is 1. The van der Waals surface area contributed by atoms with E-state index in [2.05, 4.69) is 45.0 Å². The number of halogens is 1. The molecule has 0 spiro atoms. The molecule has 3 rings (SSSR count). The van der Waals surface area contributed by atoms with Crippen LogP contribution in [0.5, 0.6) is 17.2 Å². The Kier molecular flexibility index (Phi) is 10.8. The van der Waals surface area contributed by atoms with Crippen LogP contribution in [0.3, 0.4) is 0 Å². The molecule has 0 aliphatic rings. The number of nitrogens with zero attached hydrogens (tertiary/aromatic N) is 3. The van der Waals surface area contributed by atoms with Gasteiger partial charge >= 0.3 is 0 Å². The number of rotatable bonds is 10. The molecule has 0 radical (unpaired) electrons. The smallest absolute Gasteiger partial charge is 0.203 e. The molecular formula is C24H32IN5O3. The monoisotopic (exact) mass is 565 g/mol. The average molecular weight is 565 g/mol. The number of aromatic nitrogens is 2. The first kappa shape index (κ1) is 26.3. The number of guanidine groups is 1. The molecule has 8 nitrogen and oxygen atoms in total. The first-order valence-electron chi connectivity index (χ1n) is 10.5. The molecule has 3 aromatic rings. The van der Waals surface area contributed by atoms with Crippen LogP contribution < -0.4 is 24.8 Å². The van der Waals surface area contributed by atoms with Crippen LogP contribution in [0.15, 0.2) is 59.9 Å². The third-order valence-electron chi connectivity index (χ3n) is 5.11. The van der Waals surface area contributed by atoms with Crippen LogP contribution >= 0.6 is 24.0 Å². The maximum atomic E-state index is 5.56. The zero-order valence-corrected chi connectivity index (χ0v) is 21.8. The molecule has 33 heavy (non-hydrogen) atoms. The van der Waals surface area contributed by atoms with Crippen LogP contribution in [-0.4, -0.2) is 57.2 Å². The Balaban J connectivity index is 0.00000385. The molecule has 9 heteroatoms. The highest BCUT2D eigenvalue weighted by Crippen LogP contribution is 2.39. The Bertz CT molecular complexity index is 1010. The topological polar surface area (TPSA) is 81.9 Å². The lowest BCUT2D eigenvalue weighted by molar-refractivity contribution is 0.322. The predicted octanol–water partition coefficient (Wildman–Crippen LogP) is 3.47. The van der Waals surface area contributed by atoms with Crippen molar-refractivity contribution in [3.8, 4) is 22.9 Å². The SMILES string of the molecule is CN=C(NCCc1ccc(-n2cccn2)cc1)NCCc1ccc(OC)c(OC)c1OC.I. The number of hydrogen-bond donors (Lipinski definition) is 2. The van der Waals surface area contributed by atoms with Gasteiger partial charge in [-0.1, -0.05) is 18.2 Å². The molecule has 0 bridgehead atoms. The minimum Gasteiger partial charge on any atom is -0.493 e. The summed E-state index contributed by atoms with van der Waals surface area (Å²) in [4.78, 5) is 4.31. The molecule has 178 valence electrons. The molecule has 0 saturated heterocycles. The standard InChI is InChI=1S/C24H31N5O3.HI/c1-25-24(26-15-12-18-6-9-20(10-7-18)29-17-5-14-28-29)27-16-13-19-8-11-21(30-2)23(32-4)22(19)31-3;/h5-11,14,17H,12-13,15-16H2,1-4H3,(H2,25,26,27);1H. The summed E-state index contributed by atoms with van der Waals surface area (Å²) in [6, 6.07) is 14.2. The predicted molar refractivity (Wildman–Crippen MR) is 142 cm³/mol. The lowest BCUT2D eigenvalue weighted by atomic mass is 10.1. The number of ether oxygens (including phenoxy) is 3. The van der Waals surface area contributed by atoms with Crippen molar-refractivity contribution in [2.24, 2.45) is 4.99 Å². The Hall–Kier alpha value is -2.95. The summed E-state index contributed by atoms with van der Waals surface area (Å²) in [7, 11) is 6.63. The molecule has 2 aromatic carbocycles. The summed E-state index contributed by atoms with van der Waals surface area (Å²) in [6.45, 7) is 1.48. The molecule has 0 atom stereocenters. The highest BCUT2D eigenvalue weighted by Gasteiger charge is 2.15. The molecular weight excluding hydrogens is 533 g/mol. The van der Waals surface area contributed by atoms with Gasteiger partial charge in [-0.15, -0.1) is 24.0 Å². The van der Waals surface area contributed by atoms with Crippen LogP contribution in [0.4, 0.5) is 0 Å². The van der Waals surface area contributed by atoms with Crippen molar-refractivity contribution in [1.82, 2.24) is 20.4 Å². The minimum atomic E-state index is 0. The van der Waals surface area contributed by atoms with Gasteiger partial charge in [0.1, 0.15) is 0 Å². The summed E-state index contributed by atoms with van der Waals surface area (Å²) in [5, 5.41) is 11.0. The summed E-state index contributed by atoms with van der Waals surface area (Å²) in [5.74, 6) is 2.71. The molecule has 1 heterocycles. The Morgan fingerprint density at radius 1 is 0.909 bits per heavy atom. The van der Waals surface area contributed by atoms with E-state index in [-0.39, 0.29) is 24.0 Å². The van der Waals surface area contributed by atoms with Gasteiger partial charge in [-0.05, 0) is 42.7 Å². The van der Waals surface area contributed by atoms with Crippen molar-refractivity contribution < 1.29 is 14.2 Å². The van der Waals surface area contributed by atoms with E-state index >= 15 is 0 Å². The fourth-order valence-corrected chi connectivity index (χ4v) is 3.46. The lowest BCUT2D eigenvalue weighted by Gasteiger charge is -2.16. The van der Waals surface area contributed by atoms with E-state index in [4.69, 9.17) is 14.2 Å². The van der Waals surface area contributed by atoms with Crippen molar-refractivity contribution in [2.45, 2.75) is 12.8 Å². The van der Waals surface area contributed by atoms with Crippen molar-refractivity contribution in [3.05, 3.63) is 66.0 Å². The second-order valence-corrected chi connectivity index (χ2v) is 7.04. The Morgan fingerprint density at radius 2 is 1.61 bits per heavy atom. The highest BCUT2D eigenvalue weighted by atomic mass is 127. The molecule has 0 amide bonds. The minimum absolute atomic E-state index is 0. The summed E-state index contributed by atoms with van der Waals surface area (Å²) in [6.07, 6.45) is 5.35. The first-order valence-corrected chi connectivity index (χ1v) is 10.5. The fraction of sp³-hybridized carbons (Fsp3) is 0.333. The fourth-order valence-electron chi connectivity index (χ4n) is 3.46. The third-order valence-corrected chi connectivity index (χ3v) is 5.11. The normalized spacial score (nSPS) is 10.8. The van der Waals surface area contributed by atoms with E-state index in [9.17, 15) is 0 Å². The zero-order chi connectivity index (χ0) is 22.8. The molecule has 0 unspecified atom stereocenters. The summed E-state index contributed by atoms with van der Waals surface area (Å²) < 4.78 is 18.2. The van der Waals surface area contributed by atoms with Crippen LogP contribution in [0.1, 0.15) is 11.1 Å². The highest BCUT2D eigenvalue weighted by molar-refractivity contribution is 14.0.